The second-order valence-corrected chi connectivity index (χ2v) is 11.0. The molecule has 0 aliphatic rings. The smallest absolute Gasteiger partial charge is 0.244 e. The maximum absolute atomic E-state index is 13.4. The highest BCUT2D eigenvalue weighted by Crippen LogP contribution is 2.25. The van der Waals surface area contributed by atoms with E-state index in [0.29, 0.717) is 20.6 Å². The second-order valence-electron chi connectivity index (χ2n) is 7.85. The van der Waals surface area contributed by atoms with Gasteiger partial charge in [0.15, 0.2) is 0 Å². The minimum Gasteiger partial charge on any atom is -0.352 e. The van der Waals surface area contributed by atoms with Gasteiger partial charge in [-0.3, -0.25) is 13.9 Å². The zero-order valence-corrected chi connectivity index (χ0v) is 21.8. The van der Waals surface area contributed by atoms with Crippen molar-refractivity contribution in [2.45, 2.75) is 39.4 Å². The third-order valence-corrected chi connectivity index (χ3v) is 6.69. The molecule has 0 fully saturated rings. The fourth-order valence-electron chi connectivity index (χ4n) is 3.07. The van der Waals surface area contributed by atoms with Gasteiger partial charge in [-0.1, -0.05) is 46.9 Å². The number of amides is 2. The molecular weight excluding hydrogens is 509 g/mol. The lowest BCUT2D eigenvalue weighted by Crippen LogP contribution is -2.52. The highest BCUT2D eigenvalue weighted by molar-refractivity contribution is 7.92. The molecule has 2 amide bonds. The number of carbonyl (C=O) groups excluding carboxylic acids is 2. The zero-order chi connectivity index (χ0) is 24.9. The summed E-state index contributed by atoms with van der Waals surface area (Å²) in [6.45, 7) is 4.64. The second kappa shape index (κ2) is 11.4. The Labute approximate surface area is 209 Å². The Bertz CT molecular complexity index is 1130. The highest BCUT2D eigenvalue weighted by atomic mass is 35.5. The van der Waals surface area contributed by atoms with Crippen molar-refractivity contribution in [1.29, 1.82) is 0 Å². The van der Waals surface area contributed by atoms with E-state index in [1.54, 1.807) is 45.0 Å². The van der Waals surface area contributed by atoms with Crippen LogP contribution >= 0.6 is 34.8 Å². The lowest BCUT2D eigenvalue weighted by Gasteiger charge is -2.32. The predicted molar refractivity (Wildman–Crippen MR) is 133 cm³/mol. The van der Waals surface area contributed by atoms with Crippen LogP contribution in [0.1, 0.15) is 26.3 Å². The molecule has 1 N–H and O–H groups in total. The summed E-state index contributed by atoms with van der Waals surface area (Å²) in [5.41, 5.74) is 0.800. The van der Waals surface area contributed by atoms with Crippen LogP contribution in [0.25, 0.3) is 0 Å². The maximum Gasteiger partial charge on any atom is 0.244 e. The Balaban J connectivity index is 2.42. The van der Waals surface area contributed by atoms with Crippen molar-refractivity contribution >= 4 is 62.3 Å². The molecule has 0 aliphatic heterocycles. The summed E-state index contributed by atoms with van der Waals surface area (Å²) in [5, 5.41) is 3.85. The molecule has 1 atom stereocenters. The molecule has 0 saturated carbocycles. The minimum absolute atomic E-state index is 0.0192. The van der Waals surface area contributed by atoms with E-state index in [9.17, 15) is 18.0 Å². The van der Waals surface area contributed by atoms with Gasteiger partial charge in [-0.05, 0) is 56.7 Å². The third-order valence-electron chi connectivity index (χ3n) is 4.73. The molecule has 0 spiro atoms. The van der Waals surface area contributed by atoms with E-state index in [1.165, 1.54) is 23.1 Å². The van der Waals surface area contributed by atoms with Crippen molar-refractivity contribution in [1.82, 2.24) is 10.2 Å². The van der Waals surface area contributed by atoms with Gasteiger partial charge in [0.1, 0.15) is 12.6 Å². The molecule has 7 nitrogen and oxygen atoms in total. The van der Waals surface area contributed by atoms with Crippen LogP contribution in [0.3, 0.4) is 0 Å². The Morgan fingerprint density at radius 2 is 1.64 bits per heavy atom. The average molecular weight is 535 g/mol. The van der Waals surface area contributed by atoms with Crippen LogP contribution in [0.4, 0.5) is 5.69 Å². The molecule has 33 heavy (non-hydrogen) atoms. The first-order valence-electron chi connectivity index (χ1n) is 10.1. The van der Waals surface area contributed by atoms with Crippen LogP contribution in [-0.4, -0.2) is 50.0 Å². The van der Waals surface area contributed by atoms with Gasteiger partial charge < -0.3 is 10.2 Å². The Hall–Kier alpha value is -2.00. The molecule has 2 aromatic carbocycles. The number of carbonyl (C=O) groups is 2. The Morgan fingerprint density at radius 1 is 1.00 bits per heavy atom. The van der Waals surface area contributed by atoms with Gasteiger partial charge in [0.25, 0.3) is 0 Å². The van der Waals surface area contributed by atoms with E-state index < -0.39 is 28.5 Å². The first-order valence-corrected chi connectivity index (χ1v) is 13.0. The van der Waals surface area contributed by atoms with Crippen LogP contribution in [-0.2, 0) is 26.2 Å². The number of anilines is 1. The highest BCUT2D eigenvalue weighted by Gasteiger charge is 2.30. The Morgan fingerprint density at radius 3 is 2.18 bits per heavy atom. The summed E-state index contributed by atoms with van der Waals surface area (Å²) in [6.07, 6.45) is 0.997. The van der Waals surface area contributed by atoms with Gasteiger partial charge in [0.2, 0.25) is 21.8 Å². The summed E-state index contributed by atoms with van der Waals surface area (Å²) in [4.78, 5) is 27.4. The molecule has 180 valence electrons. The van der Waals surface area contributed by atoms with E-state index in [1.807, 2.05) is 0 Å². The van der Waals surface area contributed by atoms with Gasteiger partial charge in [-0.15, -0.1) is 0 Å². The van der Waals surface area contributed by atoms with E-state index in [-0.39, 0.29) is 24.2 Å². The number of sulfonamides is 1. The number of hydrogen-bond donors (Lipinski definition) is 1. The largest absolute Gasteiger partial charge is 0.352 e. The normalized spacial score (nSPS) is 12.4. The van der Waals surface area contributed by atoms with Gasteiger partial charge >= 0.3 is 0 Å². The fraction of sp³-hybridized carbons (Fsp3) is 0.364. The SMILES string of the molecule is CC(C)NC(=O)[C@@H](C)N(Cc1ccc(Cl)cc1Cl)C(=O)CN(c1cccc(Cl)c1)S(C)(=O)=O. The number of benzene rings is 2. The van der Waals surface area contributed by atoms with Gasteiger partial charge in [0, 0.05) is 27.7 Å². The van der Waals surface area contributed by atoms with Crippen LogP contribution in [0, 0.1) is 0 Å². The molecule has 2 aromatic rings. The fourth-order valence-corrected chi connectivity index (χ4v) is 4.56. The number of nitrogens with one attached hydrogen (secondary N) is 1. The quantitative estimate of drug-likeness (QED) is 0.518. The van der Waals surface area contributed by atoms with Crippen LogP contribution in [0.5, 0.6) is 0 Å². The van der Waals surface area contributed by atoms with Gasteiger partial charge in [0.05, 0.1) is 11.9 Å². The molecule has 0 bridgehead atoms. The van der Waals surface area contributed by atoms with Crippen LogP contribution in [0.2, 0.25) is 15.1 Å². The third kappa shape index (κ3) is 7.78. The van der Waals surface area contributed by atoms with Crippen molar-refractivity contribution in [3.05, 3.63) is 63.1 Å². The topological polar surface area (TPSA) is 86.8 Å². The number of hydrogen-bond acceptors (Lipinski definition) is 4. The van der Waals surface area contributed by atoms with Crippen molar-refractivity contribution < 1.29 is 18.0 Å². The van der Waals surface area contributed by atoms with E-state index in [0.717, 1.165) is 10.6 Å². The standard InChI is InChI=1S/C22H26Cl3N3O4S/c1-14(2)26-22(30)15(3)27(12-16-8-9-18(24)11-20(16)25)21(29)13-28(33(4,31)32)19-7-5-6-17(23)10-19/h5-11,14-15H,12-13H2,1-4H3,(H,26,30)/t15-/m1/s1. The summed E-state index contributed by atoms with van der Waals surface area (Å²) < 4.78 is 25.9. The van der Waals surface area contributed by atoms with Crippen LogP contribution in [0.15, 0.2) is 42.5 Å². The predicted octanol–water partition coefficient (Wildman–Crippen LogP) is 4.35. The lowest BCUT2D eigenvalue weighted by molar-refractivity contribution is -0.139. The van der Waals surface area contributed by atoms with Gasteiger partial charge in [-0.25, -0.2) is 8.42 Å². The van der Waals surface area contributed by atoms with Crippen molar-refractivity contribution in [3.8, 4) is 0 Å². The van der Waals surface area contributed by atoms with E-state index in [2.05, 4.69) is 5.32 Å². The van der Waals surface area contributed by atoms with E-state index in [4.69, 9.17) is 34.8 Å². The lowest BCUT2D eigenvalue weighted by atomic mass is 10.1. The van der Waals surface area contributed by atoms with E-state index >= 15 is 0 Å². The Kier molecular flexibility index (Phi) is 9.43. The first-order chi connectivity index (χ1) is 15.3. The monoisotopic (exact) mass is 533 g/mol. The molecule has 0 heterocycles. The van der Waals surface area contributed by atoms with Crippen molar-refractivity contribution in [2.24, 2.45) is 0 Å². The number of rotatable bonds is 9. The zero-order valence-electron chi connectivity index (χ0n) is 18.7. The number of halogens is 3. The minimum atomic E-state index is -3.83. The average Bonchev–Trinajstić information content (AvgIpc) is 2.69. The summed E-state index contributed by atoms with van der Waals surface area (Å²) in [7, 11) is -3.83. The first kappa shape index (κ1) is 27.2. The van der Waals surface area contributed by atoms with Crippen molar-refractivity contribution in [2.75, 3.05) is 17.1 Å². The summed E-state index contributed by atoms with van der Waals surface area (Å²) >= 11 is 18.3. The van der Waals surface area contributed by atoms with Crippen molar-refractivity contribution in [3.63, 3.8) is 0 Å². The summed E-state index contributed by atoms with van der Waals surface area (Å²) in [6, 6.07) is 9.95. The molecule has 0 aliphatic carbocycles. The molecule has 0 radical (unpaired) electrons. The molecule has 0 unspecified atom stereocenters. The maximum atomic E-state index is 13.4. The molecule has 0 aromatic heterocycles. The molecule has 2 rings (SSSR count). The molecule has 0 saturated heterocycles. The van der Waals surface area contributed by atoms with Gasteiger partial charge in [-0.2, -0.15) is 0 Å². The van der Waals surface area contributed by atoms with Crippen LogP contribution < -0.4 is 9.62 Å². The molecule has 11 heteroatoms. The number of nitrogens with zero attached hydrogens (tertiary/aromatic N) is 2. The molecular formula is C22H26Cl3N3O4S. The summed E-state index contributed by atoms with van der Waals surface area (Å²) in [5.74, 6) is -0.963.